The van der Waals surface area contributed by atoms with Gasteiger partial charge in [-0.15, -0.1) is 0 Å². The number of hydrogen-bond acceptors (Lipinski definition) is 2. The summed E-state index contributed by atoms with van der Waals surface area (Å²) in [6.45, 7) is 3.01. The van der Waals surface area contributed by atoms with Crippen molar-refractivity contribution in [3.05, 3.63) is 72.9 Å². The van der Waals surface area contributed by atoms with Crippen molar-refractivity contribution >= 4 is 5.69 Å². The minimum atomic E-state index is 0.913. The molecule has 0 atom stereocenters. The van der Waals surface area contributed by atoms with Crippen LogP contribution < -0.4 is 5.32 Å². The van der Waals surface area contributed by atoms with Gasteiger partial charge in [-0.25, -0.2) is 0 Å². The van der Waals surface area contributed by atoms with Gasteiger partial charge in [0.05, 0.1) is 5.69 Å². The summed E-state index contributed by atoms with van der Waals surface area (Å²) in [5.74, 6) is 0. The largest absolute Gasteiger partial charge is 0.385 e. The van der Waals surface area contributed by atoms with E-state index in [9.17, 15) is 0 Å². The summed E-state index contributed by atoms with van der Waals surface area (Å²) < 4.78 is 0. The van der Waals surface area contributed by atoms with Crippen LogP contribution in [-0.2, 0) is 0 Å². The van der Waals surface area contributed by atoms with Crippen LogP contribution in [0.1, 0.15) is 6.92 Å². The van der Waals surface area contributed by atoms with Crippen LogP contribution in [0.15, 0.2) is 72.9 Å². The third kappa shape index (κ3) is 3.11. The summed E-state index contributed by atoms with van der Waals surface area (Å²) in [6.07, 6.45) is 1.85. The molecule has 104 valence electrons. The van der Waals surface area contributed by atoms with Crippen LogP contribution in [0, 0.1) is 0 Å². The van der Waals surface area contributed by atoms with Crippen LogP contribution in [0.2, 0.25) is 0 Å². The smallest absolute Gasteiger partial charge is 0.0722 e. The van der Waals surface area contributed by atoms with Crippen LogP contribution in [0.25, 0.3) is 22.4 Å². The van der Waals surface area contributed by atoms with Gasteiger partial charge in [-0.1, -0.05) is 54.6 Å². The zero-order valence-electron chi connectivity index (χ0n) is 12.1. The third-order valence-corrected chi connectivity index (χ3v) is 3.43. The second kappa shape index (κ2) is 6.23. The van der Waals surface area contributed by atoms with Crippen molar-refractivity contribution in [3.8, 4) is 22.4 Å². The van der Waals surface area contributed by atoms with E-state index in [0.29, 0.717) is 0 Å². The molecule has 0 aliphatic heterocycles. The Balaban J connectivity index is 1.89. The van der Waals surface area contributed by atoms with Gasteiger partial charge < -0.3 is 5.32 Å². The summed E-state index contributed by atoms with van der Waals surface area (Å²) in [5, 5.41) is 3.31. The molecule has 0 radical (unpaired) electrons. The second-order valence-electron chi connectivity index (χ2n) is 4.90. The Hall–Kier alpha value is -2.61. The van der Waals surface area contributed by atoms with E-state index in [-0.39, 0.29) is 0 Å². The molecule has 3 rings (SSSR count). The third-order valence-electron chi connectivity index (χ3n) is 3.43. The van der Waals surface area contributed by atoms with E-state index in [1.807, 2.05) is 18.3 Å². The maximum absolute atomic E-state index is 4.45. The van der Waals surface area contributed by atoms with Crippen LogP contribution in [0.5, 0.6) is 0 Å². The van der Waals surface area contributed by atoms with E-state index < -0.39 is 0 Å². The fourth-order valence-corrected chi connectivity index (χ4v) is 2.37. The Morgan fingerprint density at radius 3 is 2.19 bits per heavy atom. The van der Waals surface area contributed by atoms with Crippen molar-refractivity contribution in [2.75, 3.05) is 11.9 Å². The highest BCUT2D eigenvalue weighted by atomic mass is 14.9. The average molecular weight is 274 g/mol. The number of benzene rings is 2. The second-order valence-corrected chi connectivity index (χ2v) is 4.90. The molecule has 1 aromatic heterocycles. The predicted molar refractivity (Wildman–Crippen MR) is 89.3 cm³/mol. The van der Waals surface area contributed by atoms with Crippen molar-refractivity contribution < 1.29 is 0 Å². The van der Waals surface area contributed by atoms with Crippen molar-refractivity contribution in [2.45, 2.75) is 6.92 Å². The molecule has 21 heavy (non-hydrogen) atoms. The van der Waals surface area contributed by atoms with Gasteiger partial charge in [0.25, 0.3) is 0 Å². The summed E-state index contributed by atoms with van der Waals surface area (Å²) in [5.41, 5.74) is 5.69. The minimum Gasteiger partial charge on any atom is -0.385 e. The fourth-order valence-electron chi connectivity index (χ4n) is 2.37. The number of aromatic nitrogens is 1. The number of nitrogens with zero attached hydrogens (tertiary/aromatic N) is 1. The molecule has 0 amide bonds. The SMILES string of the molecule is CCNc1ccnc(-c2ccc(-c3ccccc3)cc2)c1. The molecule has 0 unspecified atom stereocenters. The lowest BCUT2D eigenvalue weighted by Crippen LogP contribution is -1.96. The van der Waals surface area contributed by atoms with Gasteiger partial charge in [-0.3, -0.25) is 4.98 Å². The standard InChI is InChI=1S/C19H18N2/c1-2-20-18-12-13-21-19(14-18)17-10-8-16(9-11-17)15-6-4-3-5-7-15/h3-14H,2H2,1H3,(H,20,21). The summed E-state index contributed by atoms with van der Waals surface area (Å²) >= 11 is 0. The maximum Gasteiger partial charge on any atom is 0.0722 e. The van der Waals surface area contributed by atoms with E-state index in [2.05, 4.69) is 71.8 Å². The quantitative estimate of drug-likeness (QED) is 0.735. The van der Waals surface area contributed by atoms with E-state index in [4.69, 9.17) is 0 Å². The van der Waals surface area contributed by atoms with Crippen LogP contribution >= 0.6 is 0 Å². The molecule has 1 N–H and O–H groups in total. The summed E-state index contributed by atoms with van der Waals surface area (Å²) in [7, 11) is 0. The maximum atomic E-state index is 4.45. The number of hydrogen-bond donors (Lipinski definition) is 1. The molecule has 3 aromatic rings. The normalized spacial score (nSPS) is 10.3. The highest BCUT2D eigenvalue weighted by Gasteiger charge is 2.02. The zero-order valence-corrected chi connectivity index (χ0v) is 12.1. The molecule has 2 heteroatoms. The van der Waals surface area contributed by atoms with E-state index in [1.165, 1.54) is 11.1 Å². The molecular formula is C19H18N2. The predicted octanol–water partition coefficient (Wildman–Crippen LogP) is 4.85. The van der Waals surface area contributed by atoms with Crippen molar-refractivity contribution in [3.63, 3.8) is 0 Å². The Morgan fingerprint density at radius 2 is 1.48 bits per heavy atom. The van der Waals surface area contributed by atoms with Crippen LogP contribution in [-0.4, -0.2) is 11.5 Å². The zero-order chi connectivity index (χ0) is 14.5. The first-order valence-corrected chi connectivity index (χ1v) is 7.22. The molecule has 0 aliphatic rings. The van der Waals surface area contributed by atoms with Gasteiger partial charge in [0, 0.05) is 24.0 Å². The topological polar surface area (TPSA) is 24.9 Å². The number of nitrogens with one attached hydrogen (secondary N) is 1. The van der Waals surface area contributed by atoms with Gasteiger partial charge in [0.1, 0.15) is 0 Å². The van der Waals surface area contributed by atoms with Gasteiger partial charge >= 0.3 is 0 Å². The Bertz CT molecular complexity index is 703. The average Bonchev–Trinajstić information content (AvgIpc) is 2.56. The molecule has 0 saturated heterocycles. The van der Waals surface area contributed by atoms with Crippen molar-refractivity contribution in [1.82, 2.24) is 4.98 Å². The first-order valence-electron chi connectivity index (χ1n) is 7.22. The molecule has 1 heterocycles. The fraction of sp³-hybridized carbons (Fsp3) is 0.105. The van der Waals surface area contributed by atoms with Gasteiger partial charge in [-0.2, -0.15) is 0 Å². The first kappa shape index (κ1) is 13.4. The lowest BCUT2D eigenvalue weighted by molar-refractivity contribution is 1.20. The van der Waals surface area contributed by atoms with Gasteiger partial charge in [0.2, 0.25) is 0 Å². The highest BCUT2D eigenvalue weighted by Crippen LogP contribution is 2.24. The molecule has 2 aromatic carbocycles. The van der Waals surface area contributed by atoms with E-state index in [1.54, 1.807) is 0 Å². The molecule has 0 fully saturated rings. The Morgan fingerprint density at radius 1 is 0.810 bits per heavy atom. The van der Waals surface area contributed by atoms with Crippen molar-refractivity contribution in [2.24, 2.45) is 0 Å². The lowest BCUT2D eigenvalue weighted by Gasteiger charge is -2.07. The Kier molecular flexibility index (Phi) is 3.97. The molecule has 0 aliphatic carbocycles. The van der Waals surface area contributed by atoms with E-state index >= 15 is 0 Å². The Labute approximate surface area is 125 Å². The van der Waals surface area contributed by atoms with Crippen molar-refractivity contribution in [1.29, 1.82) is 0 Å². The molecule has 0 bridgehead atoms. The number of anilines is 1. The van der Waals surface area contributed by atoms with Crippen LogP contribution in [0.3, 0.4) is 0 Å². The summed E-state index contributed by atoms with van der Waals surface area (Å²) in [6, 6.07) is 23.0. The number of pyridine rings is 1. The number of rotatable bonds is 4. The highest BCUT2D eigenvalue weighted by molar-refractivity contribution is 5.70. The molecule has 0 saturated carbocycles. The van der Waals surface area contributed by atoms with E-state index in [0.717, 1.165) is 23.5 Å². The lowest BCUT2D eigenvalue weighted by atomic mass is 10.0. The minimum absolute atomic E-state index is 0.913. The molecular weight excluding hydrogens is 256 g/mol. The summed E-state index contributed by atoms with van der Waals surface area (Å²) in [4.78, 5) is 4.45. The van der Waals surface area contributed by atoms with Crippen LogP contribution in [0.4, 0.5) is 5.69 Å². The first-order chi connectivity index (χ1) is 10.4. The van der Waals surface area contributed by atoms with Gasteiger partial charge in [0.15, 0.2) is 0 Å². The monoisotopic (exact) mass is 274 g/mol. The molecule has 2 nitrogen and oxygen atoms in total. The van der Waals surface area contributed by atoms with Gasteiger partial charge in [-0.05, 0) is 30.2 Å². The molecule has 0 spiro atoms.